The molecule has 2 aromatic rings. The van der Waals surface area contributed by atoms with Gasteiger partial charge in [0.1, 0.15) is 5.82 Å². The number of amides is 1. The van der Waals surface area contributed by atoms with Crippen LogP contribution < -0.4 is 4.90 Å². The molecule has 0 saturated carbocycles. The molecule has 27 heavy (non-hydrogen) atoms. The van der Waals surface area contributed by atoms with Crippen LogP contribution in [0.4, 0.5) is 10.1 Å². The van der Waals surface area contributed by atoms with E-state index in [0.29, 0.717) is 5.69 Å². The molecule has 1 amide bonds. The molecule has 0 spiro atoms. The molecule has 6 nitrogen and oxygen atoms in total. The molecule has 144 valence electrons. The molecule has 3 rings (SSSR count). The lowest BCUT2D eigenvalue weighted by Crippen LogP contribution is -2.28. The Labute approximate surface area is 157 Å². The lowest BCUT2D eigenvalue weighted by atomic mass is 10.1. The number of benzene rings is 2. The number of halogens is 1. The van der Waals surface area contributed by atoms with Gasteiger partial charge >= 0.3 is 0 Å². The molecular formula is C18H18FNO5S2. The van der Waals surface area contributed by atoms with Crippen molar-refractivity contribution in [3.63, 3.8) is 0 Å². The molecule has 0 N–H and O–H groups in total. The quantitative estimate of drug-likeness (QED) is 0.719. The number of hydrogen-bond donors (Lipinski definition) is 0. The number of nitrogens with zero attached hydrogens (tertiary/aromatic N) is 1. The minimum absolute atomic E-state index is 0.00472. The lowest BCUT2D eigenvalue weighted by Gasteiger charge is -2.18. The van der Waals surface area contributed by atoms with Crippen molar-refractivity contribution < 1.29 is 26.0 Å². The molecule has 0 bridgehead atoms. The summed E-state index contributed by atoms with van der Waals surface area (Å²) < 4.78 is 62.9. The number of carbonyl (C=O) groups excluding carboxylic acids is 1. The third kappa shape index (κ3) is 3.89. The van der Waals surface area contributed by atoms with Crippen LogP contribution in [0.5, 0.6) is 0 Å². The second kappa shape index (κ2) is 7.05. The van der Waals surface area contributed by atoms with E-state index in [4.69, 9.17) is 0 Å². The van der Waals surface area contributed by atoms with Crippen molar-refractivity contribution in [2.45, 2.75) is 16.6 Å². The molecule has 1 fully saturated rings. The summed E-state index contributed by atoms with van der Waals surface area (Å²) in [5.41, 5.74) is 0.139. The zero-order valence-corrected chi connectivity index (χ0v) is 16.1. The van der Waals surface area contributed by atoms with Gasteiger partial charge in [0.25, 0.3) is 5.91 Å². The number of sulfone groups is 2. The summed E-state index contributed by atoms with van der Waals surface area (Å²) in [6.45, 7) is 0. The van der Waals surface area contributed by atoms with Crippen molar-refractivity contribution in [2.24, 2.45) is 0 Å². The van der Waals surface area contributed by atoms with Gasteiger partial charge in [-0.2, -0.15) is 0 Å². The Morgan fingerprint density at radius 1 is 1.15 bits per heavy atom. The van der Waals surface area contributed by atoms with Crippen molar-refractivity contribution in [2.75, 3.05) is 23.5 Å². The molecule has 9 heteroatoms. The zero-order chi connectivity index (χ0) is 19.8. The maximum atomic E-state index is 14.2. The van der Waals surface area contributed by atoms with Crippen LogP contribution in [0.2, 0.25) is 0 Å². The van der Waals surface area contributed by atoms with Crippen LogP contribution in [0.1, 0.15) is 16.8 Å². The molecule has 1 saturated heterocycles. The summed E-state index contributed by atoms with van der Waals surface area (Å²) in [4.78, 5) is 13.6. The van der Waals surface area contributed by atoms with Crippen molar-refractivity contribution >= 4 is 31.3 Å². The summed E-state index contributed by atoms with van der Waals surface area (Å²) in [6.07, 6.45) is -0.00472. The molecule has 0 aromatic heterocycles. The van der Waals surface area contributed by atoms with Gasteiger partial charge < -0.3 is 4.90 Å². The lowest BCUT2D eigenvalue weighted by molar-refractivity contribution is 0.0989. The Hall–Kier alpha value is -2.26. The number of carbonyl (C=O) groups is 1. The normalized spacial score (nSPS) is 19.0. The Balaban J connectivity index is 1.96. The van der Waals surface area contributed by atoms with E-state index in [1.807, 2.05) is 0 Å². The highest BCUT2D eigenvalue weighted by Gasteiger charge is 2.38. The maximum absolute atomic E-state index is 14.2. The average molecular weight is 411 g/mol. The summed E-state index contributed by atoms with van der Waals surface area (Å²) in [5, 5.41) is -1.08. The van der Waals surface area contributed by atoms with Gasteiger partial charge in [0.2, 0.25) is 0 Å². The van der Waals surface area contributed by atoms with Gasteiger partial charge in [0.15, 0.2) is 19.7 Å². The van der Waals surface area contributed by atoms with Gasteiger partial charge in [-0.25, -0.2) is 21.2 Å². The smallest absolute Gasteiger partial charge is 0.261 e. The first kappa shape index (κ1) is 19.5. The standard InChI is InChI=1S/C18H18FNO5S2/c1-20(13-5-3-2-4-6-13)18(21)16-11-14(7-8-17(16)19)27(24,25)15-9-10-26(22,23)12-15/h2-8,11,15H,9-10,12H2,1H3/t15-/m0/s1. The van der Waals surface area contributed by atoms with E-state index in [-0.39, 0.29) is 22.6 Å². The summed E-state index contributed by atoms with van der Waals surface area (Å²) in [5.74, 6) is -2.20. The highest BCUT2D eigenvalue weighted by atomic mass is 32.2. The van der Waals surface area contributed by atoms with Crippen molar-refractivity contribution in [3.05, 3.63) is 59.9 Å². The summed E-state index contributed by atoms with van der Waals surface area (Å²) in [6, 6.07) is 11.5. The topological polar surface area (TPSA) is 88.6 Å². The van der Waals surface area contributed by atoms with E-state index in [2.05, 4.69) is 0 Å². The Morgan fingerprint density at radius 3 is 2.41 bits per heavy atom. The number of hydrogen-bond acceptors (Lipinski definition) is 5. The Bertz CT molecular complexity index is 1080. The number of rotatable bonds is 4. The molecule has 2 aromatic carbocycles. The monoisotopic (exact) mass is 411 g/mol. The van der Waals surface area contributed by atoms with Crippen LogP contribution >= 0.6 is 0 Å². The molecule has 0 unspecified atom stereocenters. The van der Waals surface area contributed by atoms with Gasteiger partial charge in [-0.1, -0.05) is 18.2 Å². The molecule has 1 aliphatic heterocycles. The molecule has 1 heterocycles. The first-order valence-electron chi connectivity index (χ1n) is 8.19. The third-order valence-corrected chi connectivity index (χ3v) is 8.74. The largest absolute Gasteiger partial charge is 0.311 e. The fourth-order valence-corrected chi connectivity index (χ4v) is 7.38. The van der Waals surface area contributed by atoms with E-state index >= 15 is 0 Å². The second-order valence-electron chi connectivity index (χ2n) is 6.41. The summed E-state index contributed by atoms with van der Waals surface area (Å²) >= 11 is 0. The molecule has 1 atom stereocenters. The van der Waals surface area contributed by atoms with Crippen LogP contribution in [-0.2, 0) is 19.7 Å². The zero-order valence-electron chi connectivity index (χ0n) is 14.5. The highest BCUT2D eigenvalue weighted by molar-refractivity contribution is 7.96. The number of anilines is 1. The van der Waals surface area contributed by atoms with E-state index < -0.39 is 42.4 Å². The first-order valence-corrected chi connectivity index (χ1v) is 11.6. The fourth-order valence-electron chi connectivity index (χ4n) is 2.99. The molecule has 0 radical (unpaired) electrons. The summed E-state index contributed by atoms with van der Waals surface area (Å²) in [7, 11) is -5.93. The predicted molar refractivity (Wildman–Crippen MR) is 99.8 cm³/mol. The second-order valence-corrected chi connectivity index (χ2v) is 10.9. The van der Waals surface area contributed by atoms with Crippen molar-refractivity contribution in [1.82, 2.24) is 0 Å². The average Bonchev–Trinajstić information content (AvgIpc) is 3.02. The van der Waals surface area contributed by atoms with Gasteiger partial charge in [-0.3, -0.25) is 4.79 Å². The maximum Gasteiger partial charge on any atom is 0.261 e. The number of para-hydroxylation sites is 1. The van der Waals surface area contributed by atoms with E-state index in [1.54, 1.807) is 30.3 Å². The third-order valence-electron chi connectivity index (χ3n) is 4.57. The van der Waals surface area contributed by atoms with Crippen molar-refractivity contribution in [1.29, 1.82) is 0 Å². The SMILES string of the molecule is CN(C(=O)c1cc(S(=O)(=O)[C@H]2CCS(=O)(=O)C2)ccc1F)c1ccccc1. The predicted octanol–water partition coefficient (Wildman–Crippen LogP) is 2.06. The van der Waals surface area contributed by atoms with Crippen LogP contribution in [0.15, 0.2) is 53.4 Å². The molecule has 0 aliphatic carbocycles. The molecule has 1 aliphatic rings. The Morgan fingerprint density at radius 2 is 1.81 bits per heavy atom. The van der Waals surface area contributed by atoms with E-state index in [0.717, 1.165) is 18.2 Å². The van der Waals surface area contributed by atoms with Crippen molar-refractivity contribution in [3.8, 4) is 0 Å². The van der Waals surface area contributed by atoms with Crippen LogP contribution in [0, 0.1) is 5.82 Å². The minimum Gasteiger partial charge on any atom is -0.311 e. The fraction of sp³-hybridized carbons (Fsp3) is 0.278. The minimum atomic E-state index is -3.99. The van der Waals surface area contributed by atoms with Gasteiger partial charge in [0, 0.05) is 12.7 Å². The van der Waals surface area contributed by atoms with Gasteiger partial charge in [-0.15, -0.1) is 0 Å². The van der Waals surface area contributed by atoms with Gasteiger partial charge in [0.05, 0.1) is 27.2 Å². The van der Waals surface area contributed by atoms with Crippen LogP contribution in [0.3, 0.4) is 0 Å². The first-order chi connectivity index (χ1) is 12.6. The molecular weight excluding hydrogens is 393 g/mol. The highest BCUT2D eigenvalue weighted by Crippen LogP contribution is 2.27. The van der Waals surface area contributed by atoms with Crippen LogP contribution in [-0.4, -0.2) is 46.5 Å². The van der Waals surface area contributed by atoms with Crippen LogP contribution in [0.25, 0.3) is 0 Å². The van der Waals surface area contributed by atoms with E-state index in [9.17, 15) is 26.0 Å². The van der Waals surface area contributed by atoms with Gasteiger partial charge in [-0.05, 0) is 36.8 Å². The Kier molecular flexibility index (Phi) is 5.09. The van der Waals surface area contributed by atoms with E-state index in [1.165, 1.54) is 11.9 Å².